The van der Waals surface area contributed by atoms with Crippen LogP contribution in [0, 0.1) is 5.92 Å². The number of nitrogens with zero attached hydrogens (tertiary/aromatic N) is 1. The smallest absolute Gasteiger partial charge is 0.264 e. The maximum Gasteiger partial charge on any atom is 0.264 e. The molecule has 0 saturated heterocycles. The zero-order valence-electron chi connectivity index (χ0n) is 17.3. The van der Waals surface area contributed by atoms with E-state index in [1.807, 2.05) is 6.07 Å². The van der Waals surface area contributed by atoms with E-state index in [-0.39, 0.29) is 10.3 Å². The van der Waals surface area contributed by atoms with Gasteiger partial charge >= 0.3 is 0 Å². The zero-order valence-corrected chi connectivity index (χ0v) is 19.0. The highest BCUT2D eigenvalue weighted by atomic mass is 32.2. The summed E-state index contributed by atoms with van der Waals surface area (Å²) >= 11 is 1.63. The van der Waals surface area contributed by atoms with Gasteiger partial charge in [-0.05, 0) is 67.6 Å². The Kier molecular flexibility index (Phi) is 5.59. The van der Waals surface area contributed by atoms with Crippen LogP contribution in [-0.4, -0.2) is 22.6 Å². The fourth-order valence-electron chi connectivity index (χ4n) is 3.99. The Hall–Kier alpha value is -2.38. The molecule has 1 aromatic heterocycles. The first-order valence-corrected chi connectivity index (χ1v) is 12.3. The molecule has 4 rings (SSSR count). The van der Waals surface area contributed by atoms with E-state index in [2.05, 4.69) is 6.92 Å². The molecule has 1 unspecified atom stereocenters. The van der Waals surface area contributed by atoms with Crippen molar-refractivity contribution in [1.29, 1.82) is 0 Å². The molecule has 0 spiro atoms. The lowest BCUT2D eigenvalue weighted by atomic mass is 9.87. The molecule has 5 nitrogen and oxygen atoms in total. The van der Waals surface area contributed by atoms with Crippen LogP contribution in [0.5, 0.6) is 5.75 Å². The lowest BCUT2D eigenvalue weighted by molar-refractivity contribution is 0.414. The van der Waals surface area contributed by atoms with Crippen LogP contribution in [0.25, 0.3) is 10.1 Å². The van der Waals surface area contributed by atoms with E-state index < -0.39 is 10.0 Å². The van der Waals surface area contributed by atoms with E-state index >= 15 is 0 Å². The van der Waals surface area contributed by atoms with E-state index in [1.165, 1.54) is 30.6 Å². The van der Waals surface area contributed by atoms with E-state index in [1.54, 1.807) is 35.6 Å². The largest absolute Gasteiger partial charge is 0.497 e. The molecule has 0 bridgehead atoms. The third-order valence-corrected chi connectivity index (χ3v) is 9.01. The van der Waals surface area contributed by atoms with Crippen LogP contribution in [-0.2, 0) is 22.9 Å². The van der Waals surface area contributed by atoms with Gasteiger partial charge < -0.3 is 4.74 Å². The zero-order chi connectivity index (χ0) is 21.5. The number of benzene rings is 2. The number of anilines is 1. The van der Waals surface area contributed by atoms with Gasteiger partial charge in [0.1, 0.15) is 5.75 Å². The maximum absolute atomic E-state index is 13.1. The molecule has 7 heteroatoms. The fourth-order valence-corrected chi connectivity index (χ4v) is 6.53. The van der Waals surface area contributed by atoms with Gasteiger partial charge in [0.25, 0.3) is 10.0 Å². The van der Waals surface area contributed by atoms with Gasteiger partial charge in [-0.3, -0.25) is 9.10 Å². The van der Waals surface area contributed by atoms with E-state index in [0.29, 0.717) is 22.7 Å². The van der Waals surface area contributed by atoms with Gasteiger partial charge in [-0.2, -0.15) is 0 Å². The Labute approximate surface area is 181 Å². The Balaban J connectivity index is 1.74. The van der Waals surface area contributed by atoms with Crippen molar-refractivity contribution in [2.24, 2.45) is 5.92 Å². The van der Waals surface area contributed by atoms with Gasteiger partial charge in [0.15, 0.2) is 5.43 Å². The van der Waals surface area contributed by atoms with Crippen molar-refractivity contribution in [3.8, 4) is 5.75 Å². The average molecular weight is 444 g/mol. The standard InChI is InChI=1S/C23H25NO4S2/c1-4-15-5-11-19-21(13-15)29-22-14-16(6-12-20(22)23(19)25)24(2)30(26,27)18-9-7-17(28-3)8-10-18/h6-10,12,14-15H,4-5,11,13H2,1-3H3. The molecule has 0 N–H and O–H groups in total. The van der Waals surface area contributed by atoms with Gasteiger partial charge in [-0.25, -0.2) is 8.42 Å². The summed E-state index contributed by atoms with van der Waals surface area (Å²) in [6.07, 6.45) is 3.96. The van der Waals surface area contributed by atoms with Crippen LogP contribution in [0.2, 0.25) is 0 Å². The lowest BCUT2D eigenvalue weighted by Gasteiger charge is -2.23. The molecule has 0 aliphatic heterocycles. The van der Waals surface area contributed by atoms with Gasteiger partial charge in [-0.15, -0.1) is 11.3 Å². The van der Waals surface area contributed by atoms with Crippen molar-refractivity contribution in [3.05, 3.63) is 63.1 Å². The first-order valence-electron chi connectivity index (χ1n) is 10.1. The van der Waals surface area contributed by atoms with Crippen LogP contribution in [0.3, 0.4) is 0 Å². The molecule has 1 aliphatic carbocycles. The number of methoxy groups -OCH3 is 1. The molecular formula is C23H25NO4S2. The summed E-state index contributed by atoms with van der Waals surface area (Å²) in [5, 5.41) is 0.674. The first kappa shape index (κ1) is 20.9. The Morgan fingerprint density at radius 2 is 1.90 bits per heavy atom. The molecule has 0 amide bonds. The molecule has 30 heavy (non-hydrogen) atoms. The van der Waals surface area contributed by atoms with Crippen molar-refractivity contribution in [2.45, 2.75) is 37.5 Å². The number of hydrogen-bond donors (Lipinski definition) is 0. The highest BCUT2D eigenvalue weighted by Gasteiger charge is 2.24. The van der Waals surface area contributed by atoms with Crippen molar-refractivity contribution in [3.63, 3.8) is 0 Å². The third kappa shape index (κ3) is 3.61. The van der Waals surface area contributed by atoms with Gasteiger partial charge in [0.2, 0.25) is 0 Å². The van der Waals surface area contributed by atoms with Gasteiger partial charge in [-0.1, -0.05) is 13.3 Å². The van der Waals surface area contributed by atoms with Crippen molar-refractivity contribution in [1.82, 2.24) is 0 Å². The van der Waals surface area contributed by atoms with E-state index in [0.717, 1.165) is 40.8 Å². The Bertz CT molecular complexity index is 1250. The molecule has 1 heterocycles. The molecule has 0 saturated carbocycles. The molecule has 3 aromatic rings. The van der Waals surface area contributed by atoms with Crippen molar-refractivity contribution in [2.75, 3.05) is 18.5 Å². The van der Waals surface area contributed by atoms with E-state index in [9.17, 15) is 13.2 Å². The summed E-state index contributed by atoms with van der Waals surface area (Å²) in [6, 6.07) is 11.6. The minimum Gasteiger partial charge on any atom is -0.497 e. The number of sulfonamides is 1. The molecular weight excluding hydrogens is 418 g/mol. The second kappa shape index (κ2) is 8.04. The van der Waals surface area contributed by atoms with Crippen molar-refractivity contribution < 1.29 is 13.2 Å². The van der Waals surface area contributed by atoms with Crippen LogP contribution in [0.1, 0.15) is 30.2 Å². The van der Waals surface area contributed by atoms with Gasteiger partial charge in [0.05, 0.1) is 17.7 Å². The summed E-state index contributed by atoms with van der Waals surface area (Å²) in [4.78, 5) is 14.3. The summed E-state index contributed by atoms with van der Waals surface area (Å²) in [5.41, 5.74) is 1.58. The fraction of sp³-hybridized carbons (Fsp3) is 0.348. The first-order chi connectivity index (χ1) is 14.3. The van der Waals surface area contributed by atoms with Crippen LogP contribution >= 0.6 is 11.3 Å². The molecule has 1 atom stereocenters. The van der Waals surface area contributed by atoms with Crippen LogP contribution in [0.4, 0.5) is 5.69 Å². The summed E-state index contributed by atoms with van der Waals surface area (Å²) < 4.78 is 33.4. The topological polar surface area (TPSA) is 63.7 Å². The molecule has 2 aromatic carbocycles. The van der Waals surface area contributed by atoms with Crippen molar-refractivity contribution >= 4 is 37.1 Å². The monoisotopic (exact) mass is 443 g/mol. The lowest BCUT2D eigenvalue weighted by Crippen LogP contribution is -2.26. The number of hydrogen-bond acceptors (Lipinski definition) is 5. The van der Waals surface area contributed by atoms with Gasteiger partial charge in [0, 0.05) is 27.6 Å². The average Bonchev–Trinajstić information content (AvgIpc) is 2.77. The third-order valence-electron chi connectivity index (χ3n) is 5.99. The minimum atomic E-state index is -3.72. The quantitative estimate of drug-likeness (QED) is 0.578. The second-order valence-electron chi connectivity index (χ2n) is 7.68. The Morgan fingerprint density at radius 3 is 2.57 bits per heavy atom. The number of rotatable bonds is 5. The summed E-state index contributed by atoms with van der Waals surface area (Å²) in [7, 11) is -0.646. The molecule has 1 aliphatic rings. The summed E-state index contributed by atoms with van der Waals surface area (Å²) in [5.74, 6) is 1.22. The van der Waals surface area contributed by atoms with E-state index in [4.69, 9.17) is 4.74 Å². The Morgan fingerprint density at radius 1 is 1.17 bits per heavy atom. The summed E-state index contributed by atoms with van der Waals surface area (Å²) in [6.45, 7) is 2.19. The molecule has 0 radical (unpaired) electrons. The normalized spacial score (nSPS) is 16.3. The minimum absolute atomic E-state index is 0.0977. The molecule has 158 valence electrons. The maximum atomic E-state index is 13.1. The highest BCUT2D eigenvalue weighted by Crippen LogP contribution is 2.34. The number of fused-ring (bicyclic) bond motifs is 2. The predicted molar refractivity (Wildman–Crippen MR) is 122 cm³/mol. The van der Waals surface area contributed by atoms with Crippen LogP contribution < -0.4 is 14.5 Å². The SMILES string of the molecule is CCC1CCc2c(sc3cc(N(C)S(=O)(=O)c4ccc(OC)cc4)ccc3c2=O)C1. The second-order valence-corrected chi connectivity index (χ2v) is 10.8. The highest BCUT2D eigenvalue weighted by molar-refractivity contribution is 7.92. The molecule has 0 fully saturated rings. The predicted octanol–water partition coefficient (Wildman–Crippen LogP) is 4.61. The van der Waals surface area contributed by atoms with Crippen LogP contribution in [0.15, 0.2) is 52.2 Å². The number of ether oxygens (including phenoxy) is 1.